The largest absolute Gasteiger partial charge is 0.327 e. The van der Waals surface area contributed by atoms with Crippen molar-refractivity contribution in [2.24, 2.45) is 12.8 Å². The summed E-state index contributed by atoms with van der Waals surface area (Å²) < 4.78 is 3.62. The number of aromatic nitrogens is 4. The van der Waals surface area contributed by atoms with E-state index in [4.69, 9.17) is 17.3 Å². The first-order valence-corrected chi connectivity index (χ1v) is 6.82. The van der Waals surface area contributed by atoms with Gasteiger partial charge < -0.3 is 5.73 Å². The molecule has 104 valence electrons. The van der Waals surface area contributed by atoms with Crippen molar-refractivity contribution in [2.75, 3.05) is 0 Å². The van der Waals surface area contributed by atoms with Crippen molar-refractivity contribution in [1.82, 2.24) is 19.6 Å². The molecule has 0 bridgehead atoms. The molecule has 6 heteroatoms. The van der Waals surface area contributed by atoms with Crippen LogP contribution in [-0.4, -0.2) is 25.6 Å². The molecule has 5 nitrogen and oxygen atoms in total. The number of nitrogens with two attached hydrogens (primary N) is 1. The molecule has 2 aromatic rings. The minimum Gasteiger partial charge on any atom is -0.327 e. The quantitative estimate of drug-likeness (QED) is 0.934. The fourth-order valence-corrected chi connectivity index (χ4v) is 2.30. The lowest BCUT2D eigenvalue weighted by Gasteiger charge is -2.11. The molecule has 2 N–H and O–H groups in total. The van der Waals surface area contributed by atoms with E-state index < -0.39 is 0 Å². The molecule has 19 heavy (non-hydrogen) atoms. The second kappa shape index (κ2) is 5.35. The maximum atomic E-state index is 6.09. The van der Waals surface area contributed by atoms with Gasteiger partial charge in [0.15, 0.2) is 5.82 Å². The Balaban J connectivity index is 2.49. The predicted octanol–water partition coefficient (Wildman–Crippen LogP) is 2.16. The number of nitrogens with zero attached hydrogens (tertiary/aromatic N) is 4. The third-order valence-corrected chi connectivity index (χ3v) is 3.73. The lowest BCUT2D eigenvalue weighted by atomic mass is 10.0. The highest BCUT2D eigenvalue weighted by molar-refractivity contribution is 6.31. The van der Waals surface area contributed by atoms with Gasteiger partial charge in [0.2, 0.25) is 0 Å². The van der Waals surface area contributed by atoms with Crippen molar-refractivity contribution >= 4 is 11.6 Å². The summed E-state index contributed by atoms with van der Waals surface area (Å²) in [4.78, 5) is 0. The molecule has 2 heterocycles. The van der Waals surface area contributed by atoms with E-state index in [0.717, 1.165) is 35.6 Å². The molecular weight excluding hydrogens is 262 g/mol. The summed E-state index contributed by atoms with van der Waals surface area (Å²) in [7, 11) is 1.91. The smallest absolute Gasteiger partial charge is 0.155 e. The summed E-state index contributed by atoms with van der Waals surface area (Å²) in [6, 6.07) is 0.133. The third-order valence-electron chi connectivity index (χ3n) is 3.36. The van der Waals surface area contributed by atoms with Crippen LogP contribution in [0.15, 0.2) is 6.20 Å². The Bertz CT molecular complexity index is 565. The van der Waals surface area contributed by atoms with Crippen molar-refractivity contribution in [3.8, 4) is 5.82 Å². The van der Waals surface area contributed by atoms with Gasteiger partial charge in [-0.1, -0.05) is 18.5 Å². The third kappa shape index (κ3) is 2.67. The summed E-state index contributed by atoms with van der Waals surface area (Å²) in [5.41, 5.74) is 9.01. The molecule has 0 saturated carbocycles. The second-order valence-electron chi connectivity index (χ2n) is 4.89. The lowest BCUT2D eigenvalue weighted by molar-refractivity contribution is 0.636. The van der Waals surface area contributed by atoms with Crippen LogP contribution in [0, 0.1) is 13.8 Å². The average molecular weight is 282 g/mol. The van der Waals surface area contributed by atoms with E-state index in [9.17, 15) is 0 Å². The van der Waals surface area contributed by atoms with Crippen LogP contribution in [-0.2, 0) is 13.5 Å². The zero-order valence-electron chi connectivity index (χ0n) is 11.8. The van der Waals surface area contributed by atoms with Crippen LogP contribution in [0.1, 0.15) is 30.3 Å². The second-order valence-corrected chi connectivity index (χ2v) is 5.30. The van der Waals surface area contributed by atoms with Crippen molar-refractivity contribution in [1.29, 1.82) is 0 Å². The normalized spacial score (nSPS) is 12.9. The van der Waals surface area contributed by atoms with Crippen LogP contribution in [0.4, 0.5) is 0 Å². The Morgan fingerprint density at radius 2 is 2.00 bits per heavy atom. The highest BCUT2D eigenvalue weighted by Gasteiger charge is 2.18. The molecular formula is C13H20ClN5. The molecule has 2 aromatic heterocycles. The molecule has 0 spiro atoms. The number of rotatable bonds is 4. The summed E-state index contributed by atoms with van der Waals surface area (Å²) in [6.07, 6.45) is 3.54. The van der Waals surface area contributed by atoms with E-state index in [1.54, 1.807) is 4.68 Å². The number of hydrogen-bond donors (Lipinski definition) is 1. The van der Waals surface area contributed by atoms with Gasteiger partial charge in [-0.2, -0.15) is 10.2 Å². The zero-order valence-corrected chi connectivity index (χ0v) is 12.6. The van der Waals surface area contributed by atoms with E-state index in [1.165, 1.54) is 0 Å². The Morgan fingerprint density at radius 3 is 2.53 bits per heavy atom. The maximum Gasteiger partial charge on any atom is 0.155 e. The molecule has 1 unspecified atom stereocenters. The van der Waals surface area contributed by atoms with Gasteiger partial charge in [0.1, 0.15) is 0 Å². The van der Waals surface area contributed by atoms with Gasteiger partial charge in [-0.15, -0.1) is 0 Å². The number of halogens is 1. The summed E-state index contributed by atoms with van der Waals surface area (Å²) in [5.74, 6) is 0.941. The monoisotopic (exact) mass is 281 g/mol. The first-order valence-electron chi connectivity index (χ1n) is 6.44. The first kappa shape index (κ1) is 14.1. The van der Waals surface area contributed by atoms with Crippen LogP contribution in [0.25, 0.3) is 5.82 Å². The number of aryl methyl sites for hydroxylation is 3. The van der Waals surface area contributed by atoms with Crippen LogP contribution in [0.3, 0.4) is 0 Å². The van der Waals surface area contributed by atoms with Crippen molar-refractivity contribution in [3.63, 3.8) is 0 Å². The Kier molecular flexibility index (Phi) is 3.96. The van der Waals surface area contributed by atoms with Gasteiger partial charge in [-0.3, -0.25) is 4.68 Å². The Labute approximate surface area is 118 Å². The van der Waals surface area contributed by atoms with Crippen LogP contribution in [0.2, 0.25) is 5.02 Å². The molecule has 0 amide bonds. The van der Waals surface area contributed by atoms with Crippen molar-refractivity contribution in [3.05, 3.63) is 28.2 Å². The highest BCUT2D eigenvalue weighted by Crippen LogP contribution is 2.22. The van der Waals surface area contributed by atoms with Gasteiger partial charge in [0, 0.05) is 18.7 Å². The van der Waals surface area contributed by atoms with Crippen molar-refractivity contribution in [2.45, 2.75) is 39.7 Å². The Hall–Kier alpha value is -1.33. The zero-order chi connectivity index (χ0) is 14.2. The van der Waals surface area contributed by atoms with Crippen molar-refractivity contribution < 1.29 is 0 Å². The van der Waals surface area contributed by atoms with E-state index in [1.807, 2.05) is 31.8 Å². The van der Waals surface area contributed by atoms with Gasteiger partial charge in [0.25, 0.3) is 0 Å². The molecule has 0 aliphatic heterocycles. The van der Waals surface area contributed by atoms with Gasteiger partial charge in [-0.05, 0) is 26.7 Å². The first-order chi connectivity index (χ1) is 8.93. The molecule has 2 rings (SSSR count). The Morgan fingerprint density at radius 1 is 1.32 bits per heavy atom. The van der Waals surface area contributed by atoms with Gasteiger partial charge in [-0.25, -0.2) is 4.68 Å². The van der Waals surface area contributed by atoms with E-state index in [-0.39, 0.29) is 6.04 Å². The number of hydrogen-bond acceptors (Lipinski definition) is 3. The molecule has 0 fully saturated rings. The standard InChI is InChI=1S/C13H20ClN5/c1-5-10(15)6-11-8(2)16-18(4)13(11)19-7-12(14)9(3)17-19/h7,10H,5-6,15H2,1-4H3. The molecule has 1 atom stereocenters. The molecule has 0 aliphatic rings. The van der Waals surface area contributed by atoms with E-state index in [2.05, 4.69) is 17.1 Å². The molecule has 0 aliphatic carbocycles. The van der Waals surface area contributed by atoms with Gasteiger partial charge >= 0.3 is 0 Å². The average Bonchev–Trinajstić information content (AvgIpc) is 2.80. The molecule has 0 saturated heterocycles. The summed E-state index contributed by atoms with van der Waals surface area (Å²) in [6.45, 7) is 5.98. The van der Waals surface area contributed by atoms with Crippen LogP contribution >= 0.6 is 11.6 Å². The fourth-order valence-electron chi connectivity index (χ4n) is 2.17. The van der Waals surface area contributed by atoms with Crippen LogP contribution < -0.4 is 5.73 Å². The summed E-state index contributed by atoms with van der Waals surface area (Å²) >= 11 is 6.09. The fraction of sp³-hybridized carbons (Fsp3) is 0.538. The maximum absolute atomic E-state index is 6.09. The predicted molar refractivity (Wildman–Crippen MR) is 76.8 cm³/mol. The van der Waals surface area contributed by atoms with E-state index >= 15 is 0 Å². The molecule has 0 radical (unpaired) electrons. The summed E-state index contributed by atoms with van der Waals surface area (Å²) in [5, 5.41) is 9.56. The van der Waals surface area contributed by atoms with Crippen LogP contribution in [0.5, 0.6) is 0 Å². The highest BCUT2D eigenvalue weighted by atomic mass is 35.5. The lowest BCUT2D eigenvalue weighted by Crippen LogP contribution is -2.22. The molecule has 0 aromatic carbocycles. The minimum atomic E-state index is 0.133. The SMILES string of the molecule is CCC(N)Cc1c(C)nn(C)c1-n1cc(Cl)c(C)n1. The van der Waals surface area contributed by atoms with Gasteiger partial charge in [0.05, 0.1) is 22.6 Å². The topological polar surface area (TPSA) is 61.7 Å². The van der Waals surface area contributed by atoms with E-state index in [0.29, 0.717) is 5.02 Å². The minimum absolute atomic E-state index is 0.133.